The Morgan fingerprint density at radius 1 is 1.71 bits per heavy atom. The van der Waals surface area contributed by atoms with Crippen molar-refractivity contribution in [2.75, 3.05) is 7.11 Å². The Bertz CT molecular complexity index is 419. The highest BCUT2D eigenvalue weighted by Gasteiger charge is 2.25. The minimum absolute atomic E-state index is 0.202. The number of hydrogen-bond donors (Lipinski definition) is 1. The Morgan fingerprint density at radius 3 is 3.18 bits per heavy atom. The lowest BCUT2D eigenvalue weighted by Crippen LogP contribution is -2.38. The maximum absolute atomic E-state index is 11.4. The first kappa shape index (κ1) is 13.1. The van der Waals surface area contributed by atoms with E-state index in [0.29, 0.717) is 0 Å². The van der Waals surface area contributed by atoms with Gasteiger partial charge >= 0.3 is 5.97 Å². The normalized spacial score (nSPS) is 20.8. The van der Waals surface area contributed by atoms with Crippen molar-refractivity contribution in [1.82, 2.24) is 5.32 Å². The summed E-state index contributed by atoms with van der Waals surface area (Å²) in [6, 6.07) is 2.19. The fourth-order valence-electron chi connectivity index (χ4n) is 2.24. The van der Waals surface area contributed by atoms with E-state index < -0.39 is 0 Å². The molecule has 1 aliphatic carbocycles. The van der Waals surface area contributed by atoms with Gasteiger partial charge in [-0.15, -0.1) is 11.3 Å². The molecule has 1 unspecified atom stereocenters. The monoisotopic (exact) mass is 317 g/mol. The second kappa shape index (κ2) is 5.50. The van der Waals surface area contributed by atoms with Crippen LogP contribution in [0.15, 0.2) is 9.85 Å². The summed E-state index contributed by atoms with van der Waals surface area (Å²) in [6.45, 7) is 1.85. The maximum atomic E-state index is 11.4. The number of rotatable bonds is 3. The summed E-state index contributed by atoms with van der Waals surface area (Å²) in [5.74, 6) is -0.202. The van der Waals surface area contributed by atoms with Crippen molar-refractivity contribution in [2.24, 2.45) is 0 Å². The van der Waals surface area contributed by atoms with Gasteiger partial charge in [0, 0.05) is 10.9 Å². The van der Waals surface area contributed by atoms with E-state index in [4.69, 9.17) is 4.74 Å². The predicted octanol–water partition coefficient (Wildman–Crippen LogP) is 3.04. The third kappa shape index (κ3) is 2.89. The lowest BCUT2D eigenvalue weighted by atomic mass is 9.93. The molecule has 0 fully saturated rings. The molecule has 1 aromatic heterocycles. The second-order valence-electron chi connectivity index (χ2n) is 4.29. The number of nitrogens with one attached hydrogen (secondary N) is 1. The van der Waals surface area contributed by atoms with Crippen molar-refractivity contribution in [3.63, 3.8) is 0 Å². The van der Waals surface area contributed by atoms with Crippen LogP contribution in [0.3, 0.4) is 0 Å². The topological polar surface area (TPSA) is 38.3 Å². The molecule has 2 atom stereocenters. The third-order valence-electron chi connectivity index (χ3n) is 3.09. The summed E-state index contributed by atoms with van der Waals surface area (Å²) in [7, 11) is 1.42. The Hall–Kier alpha value is -0.390. The van der Waals surface area contributed by atoms with Crippen molar-refractivity contribution in [1.29, 1.82) is 0 Å². The van der Waals surface area contributed by atoms with Gasteiger partial charge in [0.2, 0.25) is 0 Å². The zero-order valence-electron chi connectivity index (χ0n) is 9.96. The van der Waals surface area contributed by atoms with Gasteiger partial charge in [0.15, 0.2) is 0 Å². The standard InChI is InChI=1S/C12H16BrNO2S/c1-7(12(15)16-2)14-9-4-3-5-10-8(9)6-11(13)17-10/h6-7,9,14H,3-5H2,1-2H3/t7-,9?/m0/s1. The smallest absolute Gasteiger partial charge is 0.322 e. The molecular formula is C12H16BrNO2S. The molecule has 1 aliphatic rings. The van der Waals surface area contributed by atoms with E-state index in [-0.39, 0.29) is 18.1 Å². The van der Waals surface area contributed by atoms with Gasteiger partial charge in [0.05, 0.1) is 10.9 Å². The van der Waals surface area contributed by atoms with Crippen molar-refractivity contribution in [3.8, 4) is 0 Å². The molecular weight excluding hydrogens is 302 g/mol. The molecule has 0 amide bonds. The van der Waals surface area contributed by atoms with Gasteiger partial charge in [-0.1, -0.05) is 0 Å². The largest absolute Gasteiger partial charge is 0.468 e. The van der Waals surface area contributed by atoms with E-state index in [0.717, 1.165) is 12.8 Å². The van der Waals surface area contributed by atoms with Gasteiger partial charge < -0.3 is 4.74 Å². The SMILES string of the molecule is COC(=O)[C@H](C)NC1CCCc2sc(Br)cc21. The van der Waals surface area contributed by atoms with Gasteiger partial charge in [-0.25, -0.2) is 0 Å². The first-order chi connectivity index (χ1) is 8.11. The van der Waals surface area contributed by atoms with Crippen LogP contribution in [-0.2, 0) is 16.0 Å². The van der Waals surface area contributed by atoms with E-state index in [1.165, 1.54) is 27.8 Å². The number of fused-ring (bicyclic) bond motifs is 1. The number of hydrogen-bond acceptors (Lipinski definition) is 4. The van der Waals surface area contributed by atoms with Crippen LogP contribution in [-0.4, -0.2) is 19.1 Å². The average Bonchev–Trinajstić information content (AvgIpc) is 2.69. The number of aryl methyl sites for hydroxylation is 1. The molecule has 3 nitrogen and oxygen atoms in total. The van der Waals surface area contributed by atoms with E-state index in [2.05, 4.69) is 27.3 Å². The second-order valence-corrected chi connectivity index (χ2v) is 6.80. The van der Waals surface area contributed by atoms with Crippen molar-refractivity contribution in [3.05, 3.63) is 20.3 Å². The molecule has 94 valence electrons. The number of ether oxygens (including phenoxy) is 1. The van der Waals surface area contributed by atoms with Crippen LogP contribution in [0, 0.1) is 0 Å². The summed E-state index contributed by atoms with van der Waals surface area (Å²) >= 11 is 5.32. The van der Waals surface area contributed by atoms with Gasteiger partial charge in [-0.05, 0) is 53.7 Å². The summed E-state index contributed by atoms with van der Waals surface area (Å²) in [4.78, 5) is 12.8. The third-order valence-corrected chi connectivity index (χ3v) is 4.80. The number of carbonyl (C=O) groups excluding carboxylic acids is 1. The number of thiophene rings is 1. The van der Waals surface area contributed by atoms with Crippen LogP contribution >= 0.6 is 27.3 Å². The summed E-state index contributed by atoms with van der Waals surface area (Å²) in [5.41, 5.74) is 1.34. The molecule has 17 heavy (non-hydrogen) atoms. The summed E-state index contributed by atoms with van der Waals surface area (Å²) in [6.07, 6.45) is 3.40. The van der Waals surface area contributed by atoms with E-state index in [9.17, 15) is 4.79 Å². The number of esters is 1. The fraction of sp³-hybridized carbons (Fsp3) is 0.583. The van der Waals surface area contributed by atoms with Crippen molar-refractivity contribution in [2.45, 2.75) is 38.3 Å². The lowest BCUT2D eigenvalue weighted by Gasteiger charge is -2.26. The number of carbonyl (C=O) groups is 1. The van der Waals surface area contributed by atoms with Gasteiger partial charge in [-0.2, -0.15) is 0 Å². The maximum Gasteiger partial charge on any atom is 0.322 e. The van der Waals surface area contributed by atoms with Crippen LogP contribution in [0.25, 0.3) is 0 Å². The summed E-state index contributed by atoms with van der Waals surface area (Å²) < 4.78 is 5.91. The highest BCUT2D eigenvalue weighted by Crippen LogP contribution is 2.38. The lowest BCUT2D eigenvalue weighted by molar-refractivity contribution is -0.142. The molecule has 0 radical (unpaired) electrons. The van der Waals surface area contributed by atoms with Crippen LogP contribution in [0.2, 0.25) is 0 Å². The number of methoxy groups -OCH3 is 1. The molecule has 0 bridgehead atoms. The molecule has 1 aromatic rings. The molecule has 0 saturated carbocycles. The molecule has 1 heterocycles. The number of halogens is 1. The highest BCUT2D eigenvalue weighted by atomic mass is 79.9. The van der Waals surface area contributed by atoms with Crippen molar-refractivity contribution >= 4 is 33.2 Å². The molecule has 2 rings (SSSR count). The fourth-order valence-corrected chi connectivity index (χ4v) is 4.06. The Balaban J connectivity index is 2.10. The predicted molar refractivity (Wildman–Crippen MR) is 72.3 cm³/mol. The van der Waals surface area contributed by atoms with Gasteiger partial charge in [-0.3, -0.25) is 10.1 Å². The molecule has 0 spiro atoms. The van der Waals surface area contributed by atoms with E-state index in [1.807, 2.05) is 6.92 Å². The minimum atomic E-state index is -0.255. The zero-order valence-corrected chi connectivity index (χ0v) is 12.4. The quantitative estimate of drug-likeness (QED) is 0.871. The van der Waals surface area contributed by atoms with Crippen LogP contribution in [0.4, 0.5) is 0 Å². The zero-order chi connectivity index (χ0) is 12.4. The Kier molecular flexibility index (Phi) is 4.22. The van der Waals surface area contributed by atoms with Gasteiger partial charge in [0.1, 0.15) is 6.04 Å². The van der Waals surface area contributed by atoms with Crippen molar-refractivity contribution < 1.29 is 9.53 Å². The molecule has 0 aromatic carbocycles. The van der Waals surface area contributed by atoms with Crippen LogP contribution in [0.5, 0.6) is 0 Å². The minimum Gasteiger partial charge on any atom is -0.468 e. The molecule has 0 saturated heterocycles. The average molecular weight is 318 g/mol. The Labute approximate surface area is 114 Å². The highest BCUT2D eigenvalue weighted by molar-refractivity contribution is 9.11. The van der Waals surface area contributed by atoms with Crippen LogP contribution in [0.1, 0.15) is 36.2 Å². The Morgan fingerprint density at radius 2 is 2.47 bits per heavy atom. The summed E-state index contributed by atoms with van der Waals surface area (Å²) in [5, 5.41) is 3.35. The first-order valence-corrected chi connectivity index (χ1v) is 7.34. The first-order valence-electron chi connectivity index (χ1n) is 5.73. The molecule has 0 aliphatic heterocycles. The molecule has 1 N–H and O–H groups in total. The molecule has 5 heteroatoms. The van der Waals surface area contributed by atoms with Gasteiger partial charge in [0.25, 0.3) is 0 Å². The van der Waals surface area contributed by atoms with Crippen LogP contribution < -0.4 is 5.32 Å². The van der Waals surface area contributed by atoms with E-state index in [1.54, 1.807) is 11.3 Å². The van der Waals surface area contributed by atoms with E-state index >= 15 is 0 Å².